The van der Waals surface area contributed by atoms with Crippen LogP contribution in [0.5, 0.6) is 5.75 Å². The summed E-state index contributed by atoms with van der Waals surface area (Å²) in [6, 6.07) is 25.2. The Hall–Kier alpha value is -3.33. The van der Waals surface area contributed by atoms with E-state index in [1.54, 1.807) is 7.11 Å². The summed E-state index contributed by atoms with van der Waals surface area (Å²) in [4.78, 5) is 11.0. The van der Waals surface area contributed by atoms with E-state index in [0.717, 1.165) is 18.6 Å². The fourth-order valence-corrected chi connectivity index (χ4v) is 3.01. The minimum Gasteiger partial charge on any atom is -0.497 e. The summed E-state index contributed by atoms with van der Waals surface area (Å²) in [5.74, 6) is 0.493. The molecule has 0 saturated heterocycles. The third-order valence-electron chi connectivity index (χ3n) is 4.62. The minimum atomic E-state index is -0.367. The molecule has 3 nitrogen and oxygen atoms in total. The number of hydrogen-bond acceptors (Lipinski definition) is 3. The monoisotopic (exact) mass is 372 g/mol. The number of hydrogen-bond donors (Lipinski definition) is 0. The molecule has 0 atom stereocenters. The van der Waals surface area contributed by atoms with Crippen LogP contribution < -0.4 is 4.74 Å². The Bertz CT molecular complexity index is 908. The average Bonchev–Trinajstić information content (AvgIpc) is 2.77. The summed E-state index contributed by atoms with van der Waals surface area (Å²) in [5.41, 5.74) is 5.94. The van der Waals surface area contributed by atoms with Crippen LogP contribution in [-0.4, -0.2) is 19.7 Å². The largest absolute Gasteiger partial charge is 0.497 e. The molecule has 0 aliphatic rings. The zero-order chi connectivity index (χ0) is 19.8. The van der Waals surface area contributed by atoms with E-state index >= 15 is 0 Å². The van der Waals surface area contributed by atoms with E-state index in [2.05, 4.69) is 67.2 Å². The summed E-state index contributed by atoms with van der Waals surface area (Å²) < 4.78 is 10.2. The highest BCUT2D eigenvalue weighted by Gasteiger charge is 2.02. The molecule has 0 N–H and O–H groups in total. The molecule has 0 saturated carbocycles. The summed E-state index contributed by atoms with van der Waals surface area (Å²) in [5, 5.41) is 0. The van der Waals surface area contributed by atoms with E-state index in [1.165, 1.54) is 33.9 Å². The molecule has 0 amide bonds. The van der Waals surface area contributed by atoms with Crippen LogP contribution in [0.4, 0.5) is 0 Å². The topological polar surface area (TPSA) is 35.5 Å². The second-order valence-corrected chi connectivity index (χ2v) is 6.48. The van der Waals surface area contributed by atoms with E-state index in [4.69, 9.17) is 9.47 Å². The van der Waals surface area contributed by atoms with Crippen molar-refractivity contribution in [1.29, 1.82) is 0 Å². The molecular formula is C25H24O3. The van der Waals surface area contributed by atoms with Gasteiger partial charge in [0.1, 0.15) is 5.75 Å². The maximum Gasteiger partial charge on any atom is 0.330 e. The van der Waals surface area contributed by atoms with E-state index in [1.807, 2.05) is 12.1 Å². The van der Waals surface area contributed by atoms with E-state index < -0.39 is 0 Å². The summed E-state index contributed by atoms with van der Waals surface area (Å²) >= 11 is 0. The predicted octanol–water partition coefficient (Wildman–Crippen LogP) is 5.69. The van der Waals surface area contributed by atoms with Crippen molar-refractivity contribution in [2.45, 2.75) is 12.8 Å². The summed E-state index contributed by atoms with van der Waals surface area (Å²) in [6.45, 7) is 3.80. The SMILES string of the molecule is C=CC(=O)OCCCc1ccc(-c2ccc(-c3ccc(OC)cc3)cc2)cc1. The molecule has 0 radical (unpaired) electrons. The highest BCUT2D eigenvalue weighted by atomic mass is 16.5. The number of carbonyl (C=O) groups excluding carboxylic acids is 1. The van der Waals surface area contributed by atoms with Crippen LogP contribution in [0.15, 0.2) is 85.5 Å². The van der Waals surface area contributed by atoms with Crippen molar-refractivity contribution in [1.82, 2.24) is 0 Å². The maximum atomic E-state index is 11.0. The van der Waals surface area contributed by atoms with Gasteiger partial charge in [-0.2, -0.15) is 0 Å². The van der Waals surface area contributed by atoms with Gasteiger partial charge >= 0.3 is 5.97 Å². The molecule has 0 fully saturated rings. The van der Waals surface area contributed by atoms with Crippen LogP contribution in [0.25, 0.3) is 22.3 Å². The standard InChI is InChI=1S/C25H24O3/c1-3-25(26)28-18-4-5-19-6-8-20(9-7-19)21-10-12-22(13-11-21)23-14-16-24(27-2)17-15-23/h3,6-17H,1,4-5,18H2,2H3. The van der Waals surface area contributed by atoms with Crippen molar-refractivity contribution in [2.75, 3.05) is 13.7 Å². The van der Waals surface area contributed by atoms with Crippen molar-refractivity contribution in [3.63, 3.8) is 0 Å². The fraction of sp³-hybridized carbons (Fsp3) is 0.160. The number of esters is 1. The van der Waals surface area contributed by atoms with Gasteiger partial charge in [-0.3, -0.25) is 0 Å². The summed E-state index contributed by atoms with van der Waals surface area (Å²) in [6.07, 6.45) is 2.87. The zero-order valence-corrected chi connectivity index (χ0v) is 16.1. The van der Waals surface area contributed by atoms with E-state index in [-0.39, 0.29) is 5.97 Å². The van der Waals surface area contributed by atoms with Crippen LogP contribution in [-0.2, 0) is 16.0 Å². The van der Waals surface area contributed by atoms with Gasteiger partial charge in [-0.25, -0.2) is 4.79 Å². The van der Waals surface area contributed by atoms with Gasteiger partial charge in [-0.1, -0.05) is 67.2 Å². The molecule has 3 rings (SSSR count). The van der Waals surface area contributed by atoms with Crippen molar-refractivity contribution in [3.05, 3.63) is 91.0 Å². The maximum absolute atomic E-state index is 11.0. The van der Waals surface area contributed by atoms with Gasteiger partial charge in [0, 0.05) is 6.08 Å². The van der Waals surface area contributed by atoms with Gasteiger partial charge in [-0.05, 0) is 52.8 Å². The smallest absolute Gasteiger partial charge is 0.330 e. The average molecular weight is 372 g/mol. The molecule has 0 aliphatic heterocycles. The van der Waals surface area contributed by atoms with Crippen molar-refractivity contribution >= 4 is 5.97 Å². The lowest BCUT2D eigenvalue weighted by Crippen LogP contribution is -2.02. The van der Waals surface area contributed by atoms with Crippen LogP contribution in [0, 0.1) is 0 Å². The molecule has 0 unspecified atom stereocenters. The first-order chi connectivity index (χ1) is 13.7. The third kappa shape index (κ3) is 5.10. The van der Waals surface area contributed by atoms with Gasteiger partial charge < -0.3 is 9.47 Å². The first-order valence-corrected chi connectivity index (χ1v) is 9.32. The number of rotatable bonds is 8. The van der Waals surface area contributed by atoms with Crippen LogP contribution in [0.3, 0.4) is 0 Å². The van der Waals surface area contributed by atoms with Crippen molar-refractivity contribution in [2.24, 2.45) is 0 Å². The molecule has 3 aromatic carbocycles. The van der Waals surface area contributed by atoms with Crippen molar-refractivity contribution < 1.29 is 14.3 Å². The van der Waals surface area contributed by atoms with Gasteiger partial charge in [-0.15, -0.1) is 0 Å². The molecule has 3 heteroatoms. The number of carbonyl (C=O) groups is 1. The number of benzene rings is 3. The van der Waals surface area contributed by atoms with Gasteiger partial charge in [0.05, 0.1) is 13.7 Å². The Morgan fingerprint density at radius 3 is 1.75 bits per heavy atom. The van der Waals surface area contributed by atoms with Gasteiger partial charge in [0.2, 0.25) is 0 Å². The molecule has 3 aromatic rings. The predicted molar refractivity (Wildman–Crippen MR) is 113 cm³/mol. The number of ether oxygens (including phenoxy) is 2. The molecule has 0 heterocycles. The Balaban J connectivity index is 1.60. The summed E-state index contributed by atoms with van der Waals surface area (Å²) in [7, 11) is 1.67. The fourth-order valence-electron chi connectivity index (χ4n) is 3.01. The molecule has 0 aromatic heterocycles. The van der Waals surface area contributed by atoms with E-state index in [9.17, 15) is 4.79 Å². The molecule has 28 heavy (non-hydrogen) atoms. The second-order valence-electron chi connectivity index (χ2n) is 6.48. The lowest BCUT2D eigenvalue weighted by molar-refractivity contribution is -0.137. The lowest BCUT2D eigenvalue weighted by atomic mass is 9.99. The minimum absolute atomic E-state index is 0.367. The Morgan fingerprint density at radius 1 is 0.821 bits per heavy atom. The number of aryl methyl sites for hydroxylation is 1. The number of methoxy groups -OCH3 is 1. The Labute approximate surface area is 166 Å². The molecular weight excluding hydrogens is 348 g/mol. The van der Waals surface area contributed by atoms with Crippen LogP contribution >= 0.6 is 0 Å². The molecule has 142 valence electrons. The van der Waals surface area contributed by atoms with Crippen molar-refractivity contribution in [3.8, 4) is 28.0 Å². The third-order valence-corrected chi connectivity index (χ3v) is 4.62. The quantitative estimate of drug-likeness (QED) is 0.289. The molecule has 0 spiro atoms. The Kier molecular flexibility index (Phi) is 6.64. The van der Waals surface area contributed by atoms with E-state index in [0.29, 0.717) is 6.61 Å². The first kappa shape index (κ1) is 19.4. The van der Waals surface area contributed by atoms with Gasteiger partial charge in [0.15, 0.2) is 0 Å². The van der Waals surface area contributed by atoms with Gasteiger partial charge in [0.25, 0.3) is 0 Å². The highest BCUT2D eigenvalue weighted by molar-refractivity contribution is 5.81. The molecule has 0 bridgehead atoms. The molecule has 0 aliphatic carbocycles. The normalized spacial score (nSPS) is 10.3. The van der Waals surface area contributed by atoms with Crippen LogP contribution in [0.2, 0.25) is 0 Å². The lowest BCUT2D eigenvalue weighted by Gasteiger charge is -2.07. The Morgan fingerprint density at radius 2 is 1.29 bits per heavy atom. The highest BCUT2D eigenvalue weighted by Crippen LogP contribution is 2.26. The van der Waals surface area contributed by atoms with Crippen LogP contribution in [0.1, 0.15) is 12.0 Å². The first-order valence-electron chi connectivity index (χ1n) is 9.32. The second kappa shape index (κ2) is 9.56. The zero-order valence-electron chi connectivity index (χ0n) is 16.1.